The number of hydrogen-bond donors (Lipinski definition) is 1. The van der Waals surface area contributed by atoms with E-state index in [9.17, 15) is 9.59 Å². The highest BCUT2D eigenvalue weighted by Crippen LogP contribution is 2.24. The summed E-state index contributed by atoms with van der Waals surface area (Å²) in [4.78, 5) is 21.2. The SMILES string of the molecule is CC(COC(=O)C=CC(=O)O)CC(C)(C)C. The first kappa shape index (κ1) is 14.7. The molecular weight excluding hydrogens is 208 g/mol. The third kappa shape index (κ3) is 9.24. The van der Waals surface area contributed by atoms with Crippen molar-refractivity contribution >= 4 is 11.9 Å². The second-order valence-corrected chi connectivity index (χ2v) is 5.17. The summed E-state index contributed by atoms with van der Waals surface area (Å²) < 4.78 is 4.91. The molecular formula is C12H20O4. The van der Waals surface area contributed by atoms with Crippen molar-refractivity contribution in [2.24, 2.45) is 11.3 Å². The molecule has 92 valence electrons. The van der Waals surface area contributed by atoms with Crippen LogP contribution in [0, 0.1) is 11.3 Å². The highest BCUT2D eigenvalue weighted by Gasteiger charge is 2.16. The largest absolute Gasteiger partial charge is 0.478 e. The number of esters is 1. The lowest BCUT2D eigenvalue weighted by molar-refractivity contribution is -0.140. The molecule has 0 aliphatic rings. The van der Waals surface area contributed by atoms with Crippen LogP contribution in [0.5, 0.6) is 0 Å². The van der Waals surface area contributed by atoms with Crippen molar-refractivity contribution in [3.8, 4) is 0 Å². The van der Waals surface area contributed by atoms with E-state index in [1.54, 1.807) is 0 Å². The van der Waals surface area contributed by atoms with Crippen LogP contribution in [0.25, 0.3) is 0 Å². The molecule has 0 spiro atoms. The molecule has 0 rings (SSSR count). The minimum absolute atomic E-state index is 0.197. The molecule has 0 fully saturated rings. The number of aliphatic carboxylic acids is 1. The van der Waals surface area contributed by atoms with E-state index in [-0.39, 0.29) is 11.3 Å². The summed E-state index contributed by atoms with van der Waals surface area (Å²) in [6.07, 6.45) is 2.64. The maximum Gasteiger partial charge on any atom is 0.331 e. The topological polar surface area (TPSA) is 63.6 Å². The Morgan fingerprint density at radius 1 is 1.31 bits per heavy atom. The fourth-order valence-corrected chi connectivity index (χ4v) is 1.52. The molecule has 16 heavy (non-hydrogen) atoms. The molecule has 0 aromatic carbocycles. The van der Waals surface area contributed by atoms with Gasteiger partial charge in [-0.1, -0.05) is 27.7 Å². The lowest BCUT2D eigenvalue weighted by Crippen LogP contribution is -2.17. The van der Waals surface area contributed by atoms with E-state index in [1.165, 1.54) is 0 Å². The van der Waals surface area contributed by atoms with Crippen LogP contribution in [-0.4, -0.2) is 23.7 Å². The number of ether oxygens (including phenoxy) is 1. The second-order valence-electron chi connectivity index (χ2n) is 5.17. The van der Waals surface area contributed by atoms with Crippen molar-refractivity contribution in [2.75, 3.05) is 6.61 Å². The average Bonchev–Trinajstić information content (AvgIpc) is 2.08. The molecule has 0 aliphatic heterocycles. The molecule has 1 N–H and O–H groups in total. The van der Waals surface area contributed by atoms with E-state index >= 15 is 0 Å². The number of carboxylic acids is 1. The van der Waals surface area contributed by atoms with Gasteiger partial charge >= 0.3 is 11.9 Å². The Kier molecular flexibility index (Phi) is 5.78. The average molecular weight is 228 g/mol. The van der Waals surface area contributed by atoms with Crippen LogP contribution >= 0.6 is 0 Å². The van der Waals surface area contributed by atoms with Gasteiger partial charge in [0.2, 0.25) is 0 Å². The summed E-state index contributed by atoms with van der Waals surface area (Å²) in [5, 5.41) is 8.30. The summed E-state index contributed by atoms with van der Waals surface area (Å²) in [6.45, 7) is 8.68. The fraction of sp³-hybridized carbons (Fsp3) is 0.667. The molecule has 1 atom stereocenters. The van der Waals surface area contributed by atoms with E-state index < -0.39 is 11.9 Å². The molecule has 1 unspecified atom stereocenters. The first-order valence-electron chi connectivity index (χ1n) is 5.28. The molecule has 0 aliphatic carbocycles. The third-order valence-corrected chi connectivity index (χ3v) is 1.83. The second kappa shape index (κ2) is 6.30. The normalized spacial score (nSPS) is 13.8. The maximum absolute atomic E-state index is 11.0. The van der Waals surface area contributed by atoms with Gasteiger partial charge in [0.25, 0.3) is 0 Å². The Labute approximate surface area is 96.3 Å². The van der Waals surface area contributed by atoms with Gasteiger partial charge < -0.3 is 9.84 Å². The maximum atomic E-state index is 11.0. The van der Waals surface area contributed by atoms with Gasteiger partial charge in [-0.3, -0.25) is 0 Å². The van der Waals surface area contributed by atoms with Crippen molar-refractivity contribution < 1.29 is 19.4 Å². The minimum Gasteiger partial charge on any atom is -0.478 e. The fourth-order valence-electron chi connectivity index (χ4n) is 1.52. The van der Waals surface area contributed by atoms with E-state index in [1.807, 2.05) is 6.92 Å². The van der Waals surface area contributed by atoms with Crippen molar-refractivity contribution in [1.29, 1.82) is 0 Å². The zero-order valence-corrected chi connectivity index (χ0v) is 10.3. The van der Waals surface area contributed by atoms with Crippen molar-refractivity contribution in [3.05, 3.63) is 12.2 Å². The third-order valence-electron chi connectivity index (χ3n) is 1.83. The quantitative estimate of drug-likeness (QED) is 0.579. The predicted octanol–water partition coefficient (Wildman–Crippen LogP) is 2.24. The van der Waals surface area contributed by atoms with Gasteiger partial charge in [0.15, 0.2) is 0 Å². The summed E-state index contributed by atoms with van der Waals surface area (Å²) in [5.41, 5.74) is 0.197. The molecule has 0 saturated heterocycles. The molecule has 0 saturated carbocycles. The van der Waals surface area contributed by atoms with Crippen LogP contribution in [-0.2, 0) is 14.3 Å². The lowest BCUT2D eigenvalue weighted by Gasteiger charge is -2.22. The number of carbonyl (C=O) groups excluding carboxylic acids is 1. The van der Waals surface area contributed by atoms with Crippen LogP contribution in [0.15, 0.2) is 12.2 Å². The summed E-state index contributed by atoms with van der Waals surface area (Å²) in [7, 11) is 0. The standard InChI is InChI=1S/C12H20O4/c1-9(7-12(2,3)4)8-16-11(15)6-5-10(13)14/h5-6,9H,7-8H2,1-4H3,(H,13,14). The van der Waals surface area contributed by atoms with Crippen LogP contribution in [0.4, 0.5) is 0 Å². The Bertz CT molecular complexity index is 273. The first-order valence-corrected chi connectivity index (χ1v) is 5.28. The lowest BCUT2D eigenvalue weighted by atomic mass is 9.86. The Morgan fingerprint density at radius 2 is 1.88 bits per heavy atom. The van der Waals surface area contributed by atoms with E-state index in [4.69, 9.17) is 9.84 Å². The monoisotopic (exact) mass is 228 g/mol. The highest BCUT2D eigenvalue weighted by molar-refractivity contribution is 5.90. The summed E-state index contributed by atoms with van der Waals surface area (Å²) >= 11 is 0. The first-order chi connectivity index (χ1) is 7.20. The molecule has 0 radical (unpaired) electrons. The molecule has 0 aromatic heterocycles. The van der Waals surface area contributed by atoms with Gasteiger partial charge in [0.05, 0.1) is 6.61 Å². The molecule has 0 heterocycles. The van der Waals surface area contributed by atoms with Gasteiger partial charge in [-0.25, -0.2) is 9.59 Å². The smallest absolute Gasteiger partial charge is 0.331 e. The number of carboxylic acid groups (broad SMARTS) is 1. The Balaban J connectivity index is 3.88. The molecule has 4 heteroatoms. The van der Waals surface area contributed by atoms with Crippen molar-refractivity contribution in [3.63, 3.8) is 0 Å². The summed E-state index contributed by atoms with van der Waals surface area (Å²) in [5.74, 6) is -1.50. The predicted molar refractivity (Wildman–Crippen MR) is 61.0 cm³/mol. The summed E-state index contributed by atoms with van der Waals surface area (Å²) in [6, 6.07) is 0. The van der Waals surface area contributed by atoms with Gasteiger partial charge in [-0.15, -0.1) is 0 Å². The van der Waals surface area contributed by atoms with Crippen molar-refractivity contribution in [2.45, 2.75) is 34.1 Å². The Hall–Kier alpha value is -1.32. The molecule has 0 bridgehead atoms. The van der Waals surface area contributed by atoms with Gasteiger partial charge in [0.1, 0.15) is 0 Å². The zero-order valence-electron chi connectivity index (χ0n) is 10.3. The van der Waals surface area contributed by atoms with E-state index in [0.29, 0.717) is 6.61 Å². The zero-order chi connectivity index (χ0) is 12.8. The van der Waals surface area contributed by atoms with E-state index in [2.05, 4.69) is 20.8 Å². The van der Waals surface area contributed by atoms with E-state index in [0.717, 1.165) is 18.6 Å². The number of rotatable bonds is 5. The molecule has 4 nitrogen and oxygen atoms in total. The Morgan fingerprint density at radius 3 is 2.31 bits per heavy atom. The number of carbonyl (C=O) groups is 2. The molecule has 0 amide bonds. The number of hydrogen-bond acceptors (Lipinski definition) is 3. The van der Waals surface area contributed by atoms with Crippen LogP contribution in [0.3, 0.4) is 0 Å². The van der Waals surface area contributed by atoms with Gasteiger partial charge in [-0.2, -0.15) is 0 Å². The van der Waals surface area contributed by atoms with Crippen LogP contribution < -0.4 is 0 Å². The van der Waals surface area contributed by atoms with Crippen LogP contribution in [0.1, 0.15) is 34.1 Å². The highest BCUT2D eigenvalue weighted by atomic mass is 16.5. The van der Waals surface area contributed by atoms with Crippen molar-refractivity contribution in [1.82, 2.24) is 0 Å². The van der Waals surface area contributed by atoms with Gasteiger partial charge in [0, 0.05) is 12.2 Å². The van der Waals surface area contributed by atoms with Crippen LogP contribution in [0.2, 0.25) is 0 Å². The minimum atomic E-state index is -1.15. The van der Waals surface area contributed by atoms with Gasteiger partial charge in [-0.05, 0) is 17.8 Å². The molecule has 0 aromatic rings.